The molecule has 0 saturated carbocycles. The number of nitrogens with one attached hydrogen (secondary N) is 1. The number of nitrogens with zero attached hydrogens (tertiary/aromatic N) is 1. The maximum atomic E-state index is 11.2. The van der Waals surface area contributed by atoms with Crippen molar-refractivity contribution in [1.82, 2.24) is 4.90 Å². The number of ether oxygens (including phenoxy) is 3. The Hall–Kier alpha value is -3.51. The van der Waals surface area contributed by atoms with Gasteiger partial charge in [-0.2, -0.15) is 0 Å². The number of carbonyl (C=O) groups excluding carboxylic acids is 1. The molecule has 3 aromatic rings. The number of hydrogen-bond acceptors (Lipinski definition) is 6. The monoisotopic (exact) mass is 590 g/mol. The van der Waals surface area contributed by atoms with Crippen LogP contribution in [0.4, 0.5) is 5.69 Å². The lowest BCUT2D eigenvalue weighted by atomic mass is 9.92. The Morgan fingerprint density at radius 2 is 1.58 bits per heavy atom. The molecule has 3 aromatic carbocycles. The van der Waals surface area contributed by atoms with E-state index in [1.165, 1.54) is 27.9 Å². The topological polar surface area (TPSA) is 60.0 Å². The lowest BCUT2D eigenvalue weighted by molar-refractivity contribution is -0.109. The predicted molar refractivity (Wildman–Crippen MR) is 180 cm³/mol. The van der Waals surface area contributed by atoms with Crippen molar-refractivity contribution in [2.45, 2.75) is 86.6 Å². The van der Waals surface area contributed by atoms with Crippen LogP contribution in [-0.4, -0.2) is 44.7 Å². The van der Waals surface area contributed by atoms with Gasteiger partial charge in [0, 0.05) is 25.3 Å². The third-order valence-corrected chi connectivity index (χ3v) is 7.69. The van der Waals surface area contributed by atoms with E-state index < -0.39 is 0 Å². The first-order chi connectivity index (χ1) is 21.0. The van der Waals surface area contributed by atoms with Gasteiger partial charge in [0.15, 0.2) is 11.5 Å². The number of hydrogen-bond donors (Lipinski definition) is 1. The molecule has 0 aromatic heterocycles. The van der Waals surface area contributed by atoms with Gasteiger partial charge in [0.25, 0.3) is 0 Å². The third kappa shape index (κ3) is 9.24. The Bertz CT molecular complexity index is 1220. The van der Waals surface area contributed by atoms with Crippen LogP contribution >= 0.6 is 0 Å². The number of aryl methyl sites for hydroxylation is 3. The molecule has 1 saturated heterocycles. The fraction of sp³-hybridized carbons (Fsp3) is 0.486. The average Bonchev–Trinajstić information content (AvgIpc) is 3.71. The molecule has 0 bridgehead atoms. The molecule has 6 heteroatoms. The number of anilines is 1. The van der Waals surface area contributed by atoms with Gasteiger partial charge in [-0.05, 0) is 85.0 Å². The van der Waals surface area contributed by atoms with E-state index in [1.54, 1.807) is 0 Å². The van der Waals surface area contributed by atoms with Crippen molar-refractivity contribution in [2.24, 2.45) is 0 Å². The van der Waals surface area contributed by atoms with Crippen molar-refractivity contribution in [3.05, 3.63) is 82.4 Å². The van der Waals surface area contributed by atoms with Gasteiger partial charge in [-0.1, -0.05) is 77.9 Å². The summed E-state index contributed by atoms with van der Waals surface area (Å²) >= 11 is 0. The molecule has 236 valence electrons. The molecule has 6 nitrogen and oxygen atoms in total. The molecule has 1 fully saturated rings. The maximum absolute atomic E-state index is 11.2. The summed E-state index contributed by atoms with van der Waals surface area (Å²) in [6.07, 6.45) is 4.17. The van der Waals surface area contributed by atoms with Gasteiger partial charge in [0.2, 0.25) is 6.79 Å². The van der Waals surface area contributed by atoms with Gasteiger partial charge >= 0.3 is 0 Å². The minimum Gasteiger partial charge on any atom is -0.494 e. The second-order valence-electron chi connectivity index (χ2n) is 10.1. The number of rotatable bonds is 9. The van der Waals surface area contributed by atoms with Crippen molar-refractivity contribution in [3.63, 3.8) is 0 Å². The number of fused-ring (bicyclic) bond motifs is 1. The highest BCUT2D eigenvalue weighted by Crippen LogP contribution is 2.44. The lowest BCUT2D eigenvalue weighted by Gasteiger charge is -2.22. The summed E-state index contributed by atoms with van der Waals surface area (Å²) in [5, 5.41) is 3.27. The SMILES string of the molecule is CC.CC.CCOc1ccc(C2CC(c3cc(C)c4c(c3)OCO4)CN2CC=O)cc1.CCc1cccc(CC)c1NC. The van der Waals surface area contributed by atoms with Gasteiger partial charge in [-0.3, -0.25) is 4.90 Å². The molecule has 0 aliphatic carbocycles. The fourth-order valence-electron chi connectivity index (χ4n) is 5.75. The summed E-state index contributed by atoms with van der Waals surface area (Å²) in [7, 11) is 1.99. The summed E-state index contributed by atoms with van der Waals surface area (Å²) in [4.78, 5) is 13.5. The molecule has 2 unspecified atom stereocenters. The molecule has 2 aliphatic rings. The van der Waals surface area contributed by atoms with Gasteiger partial charge in [-0.15, -0.1) is 0 Å². The zero-order chi connectivity index (χ0) is 31.8. The molecule has 43 heavy (non-hydrogen) atoms. The second-order valence-corrected chi connectivity index (χ2v) is 10.1. The molecule has 0 radical (unpaired) electrons. The Kier molecular flexibility index (Phi) is 15.7. The van der Waals surface area contributed by atoms with E-state index in [0.717, 1.165) is 54.9 Å². The quantitative estimate of drug-likeness (QED) is 0.251. The van der Waals surface area contributed by atoms with Crippen molar-refractivity contribution >= 4 is 12.0 Å². The first kappa shape index (κ1) is 35.7. The van der Waals surface area contributed by atoms with Crippen molar-refractivity contribution in [1.29, 1.82) is 0 Å². The Balaban J connectivity index is 0.000000339. The normalized spacial score (nSPS) is 16.5. The zero-order valence-electron chi connectivity index (χ0n) is 28.0. The Morgan fingerprint density at radius 1 is 0.930 bits per heavy atom. The standard InChI is InChI=1S/C22H25NO4.C11H17N.2C2H6/c1-3-25-19-6-4-16(5-7-19)20-11-18(13-23(20)8-9-24)17-10-15(2)22-21(12-17)26-14-27-22;1-4-9-7-6-8-10(5-2)11(9)12-3;2*1-2/h4-7,9-10,12,18,20H,3,8,11,13-14H2,1-2H3;6-8,12H,4-5H2,1-3H3;2*1-2H3. The number of benzene rings is 3. The molecule has 2 aliphatic heterocycles. The molecule has 2 atom stereocenters. The van der Waals surface area contributed by atoms with Gasteiger partial charge < -0.3 is 24.3 Å². The number of para-hydroxylation sites is 1. The van der Waals surface area contributed by atoms with E-state index >= 15 is 0 Å². The smallest absolute Gasteiger partial charge is 0.231 e. The highest BCUT2D eigenvalue weighted by molar-refractivity contribution is 5.57. The Labute approximate surface area is 260 Å². The average molecular weight is 591 g/mol. The molecule has 0 spiro atoms. The van der Waals surface area contributed by atoms with E-state index in [0.29, 0.717) is 19.1 Å². The fourth-order valence-corrected chi connectivity index (χ4v) is 5.75. The number of carbonyl (C=O) groups is 1. The third-order valence-electron chi connectivity index (χ3n) is 7.69. The zero-order valence-corrected chi connectivity index (χ0v) is 28.0. The molecule has 1 N–H and O–H groups in total. The largest absolute Gasteiger partial charge is 0.494 e. The summed E-state index contributed by atoms with van der Waals surface area (Å²) in [5.74, 6) is 2.92. The minimum absolute atomic E-state index is 0.224. The first-order valence-electron chi connectivity index (χ1n) is 16.1. The van der Waals surface area contributed by atoms with Gasteiger partial charge in [0.1, 0.15) is 12.0 Å². The summed E-state index contributed by atoms with van der Waals surface area (Å²) in [5.41, 5.74) is 7.73. The first-order valence-corrected chi connectivity index (χ1v) is 16.1. The predicted octanol–water partition coefficient (Wildman–Crippen LogP) is 8.76. The number of aldehydes is 1. The van der Waals surface area contributed by atoms with E-state index in [-0.39, 0.29) is 12.8 Å². The summed E-state index contributed by atoms with van der Waals surface area (Å²) in [6.45, 7) is 18.7. The molecule has 5 rings (SSSR count). The van der Waals surface area contributed by atoms with Crippen LogP contribution < -0.4 is 19.5 Å². The van der Waals surface area contributed by atoms with Crippen LogP contribution in [0, 0.1) is 6.92 Å². The van der Waals surface area contributed by atoms with Crippen LogP contribution in [0.25, 0.3) is 0 Å². The minimum atomic E-state index is 0.224. The molecule has 0 amide bonds. The highest BCUT2D eigenvalue weighted by atomic mass is 16.7. The molecular weight excluding hydrogens is 536 g/mol. The van der Waals surface area contributed by atoms with Crippen LogP contribution in [0.2, 0.25) is 0 Å². The van der Waals surface area contributed by atoms with Crippen LogP contribution in [0.15, 0.2) is 54.6 Å². The lowest BCUT2D eigenvalue weighted by Crippen LogP contribution is -2.25. The molecular formula is C37H54N2O4. The van der Waals surface area contributed by atoms with E-state index in [4.69, 9.17) is 14.2 Å². The Morgan fingerprint density at radius 3 is 2.14 bits per heavy atom. The van der Waals surface area contributed by atoms with Crippen LogP contribution in [-0.2, 0) is 17.6 Å². The molecule has 2 heterocycles. The summed E-state index contributed by atoms with van der Waals surface area (Å²) in [6, 6.07) is 19.3. The van der Waals surface area contributed by atoms with Crippen molar-refractivity contribution < 1.29 is 19.0 Å². The number of likely N-dealkylation sites (tertiary alicyclic amines) is 1. The second kappa shape index (κ2) is 18.9. The van der Waals surface area contributed by atoms with E-state index in [1.807, 2.05) is 53.8 Å². The summed E-state index contributed by atoms with van der Waals surface area (Å²) < 4.78 is 16.7. The van der Waals surface area contributed by atoms with Crippen LogP contribution in [0.3, 0.4) is 0 Å². The van der Waals surface area contributed by atoms with Gasteiger partial charge in [-0.25, -0.2) is 0 Å². The van der Waals surface area contributed by atoms with E-state index in [9.17, 15) is 4.79 Å². The van der Waals surface area contributed by atoms with Crippen molar-refractivity contribution in [3.8, 4) is 17.2 Å². The van der Waals surface area contributed by atoms with Crippen molar-refractivity contribution in [2.75, 3.05) is 38.9 Å². The maximum Gasteiger partial charge on any atom is 0.231 e. The van der Waals surface area contributed by atoms with Crippen LogP contribution in [0.1, 0.15) is 94.7 Å². The highest BCUT2D eigenvalue weighted by Gasteiger charge is 2.34. The van der Waals surface area contributed by atoms with Gasteiger partial charge in [0.05, 0.1) is 13.2 Å². The van der Waals surface area contributed by atoms with E-state index in [2.05, 4.69) is 73.5 Å². The van der Waals surface area contributed by atoms with Crippen LogP contribution in [0.5, 0.6) is 17.2 Å².